The predicted octanol–water partition coefficient (Wildman–Crippen LogP) is -0.996. The van der Waals surface area contributed by atoms with Crippen LogP contribution in [-0.2, 0) is 0 Å². The number of nitro benzene ring substituents is 1. The number of nitro groups is 1. The van der Waals surface area contributed by atoms with Gasteiger partial charge in [-0.2, -0.15) is 0 Å². The maximum Gasteiger partial charge on any atom is 0.292 e. The minimum absolute atomic E-state index is 0. The fourth-order valence-corrected chi connectivity index (χ4v) is 2.12. The molecule has 0 bridgehead atoms. The number of hydrogen-bond donors (Lipinski definition) is 0. The van der Waals surface area contributed by atoms with Crippen molar-refractivity contribution < 1.29 is 17.3 Å². The van der Waals surface area contributed by atoms with Crippen LogP contribution >= 0.6 is 11.6 Å². The number of anilines is 1. The van der Waals surface area contributed by atoms with Gasteiger partial charge in [0, 0.05) is 37.3 Å². The summed E-state index contributed by atoms with van der Waals surface area (Å²) in [6.07, 6.45) is 0. The second-order valence-corrected chi connectivity index (χ2v) is 4.62. The predicted molar refractivity (Wildman–Crippen MR) is 67.8 cm³/mol. The minimum Gasteiger partial charge on any atom is -1.00 e. The highest BCUT2D eigenvalue weighted by molar-refractivity contribution is 6.31. The van der Waals surface area contributed by atoms with Gasteiger partial charge >= 0.3 is 0 Å². The first-order chi connectivity index (χ1) is 8.08. The molecule has 100 valence electrons. The molecule has 0 amide bonds. The van der Waals surface area contributed by atoms with Crippen molar-refractivity contribution in [2.24, 2.45) is 0 Å². The van der Waals surface area contributed by atoms with Crippen LogP contribution in [0.5, 0.6) is 0 Å². The molecule has 1 aromatic carbocycles. The van der Waals surface area contributed by atoms with E-state index in [0.29, 0.717) is 10.7 Å². The van der Waals surface area contributed by atoms with Crippen LogP contribution in [0.25, 0.3) is 0 Å². The highest BCUT2D eigenvalue weighted by Gasteiger charge is 2.22. The summed E-state index contributed by atoms with van der Waals surface area (Å²) in [7, 11) is 2.05. The summed E-state index contributed by atoms with van der Waals surface area (Å²) in [4.78, 5) is 14.8. The van der Waals surface area contributed by atoms with Gasteiger partial charge in [-0.05, 0) is 19.2 Å². The zero-order chi connectivity index (χ0) is 12.4. The van der Waals surface area contributed by atoms with Crippen molar-refractivity contribution in [2.45, 2.75) is 0 Å². The van der Waals surface area contributed by atoms with E-state index in [2.05, 4.69) is 4.90 Å². The molecule has 0 aliphatic carbocycles. The van der Waals surface area contributed by atoms with Crippen LogP contribution in [-0.4, -0.2) is 43.0 Å². The number of nitrogens with zero attached hydrogens (tertiary/aromatic N) is 3. The molecule has 0 unspecified atom stereocenters. The molecule has 0 atom stereocenters. The third-order valence-corrected chi connectivity index (χ3v) is 3.21. The van der Waals surface area contributed by atoms with Gasteiger partial charge in [0.15, 0.2) is 0 Å². The molecule has 0 saturated carbocycles. The second kappa shape index (κ2) is 6.22. The van der Waals surface area contributed by atoms with E-state index in [1.165, 1.54) is 6.07 Å². The molecule has 5 nitrogen and oxygen atoms in total. The first-order valence-corrected chi connectivity index (χ1v) is 5.83. The summed E-state index contributed by atoms with van der Waals surface area (Å²) in [6.45, 7) is 3.39. The van der Waals surface area contributed by atoms with E-state index in [0.717, 1.165) is 26.2 Å². The molecule has 2 rings (SSSR count). The average Bonchev–Trinajstić information content (AvgIpc) is 2.29. The molecule has 0 aromatic heterocycles. The number of likely N-dealkylation sites (N-methyl/N-ethyl adjacent to an activating group) is 1. The third-order valence-electron chi connectivity index (χ3n) is 2.98. The monoisotopic (exact) mass is 290 g/mol. The second-order valence-electron chi connectivity index (χ2n) is 4.18. The van der Waals surface area contributed by atoms with Crippen molar-refractivity contribution >= 4 is 23.0 Å². The Morgan fingerprint density at radius 2 is 1.89 bits per heavy atom. The molecular weight excluding hydrogens is 277 g/mol. The molecule has 1 aliphatic heterocycles. The van der Waals surface area contributed by atoms with E-state index in [-0.39, 0.29) is 23.0 Å². The molecule has 1 saturated heterocycles. The van der Waals surface area contributed by atoms with Crippen LogP contribution in [0.2, 0.25) is 5.02 Å². The Labute approximate surface area is 117 Å². The van der Waals surface area contributed by atoms with Gasteiger partial charge < -0.3 is 22.2 Å². The van der Waals surface area contributed by atoms with Gasteiger partial charge in [-0.1, -0.05) is 11.6 Å². The highest BCUT2D eigenvalue weighted by Crippen LogP contribution is 2.31. The maximum absolute atomic E-state index is 11.0. The smallest absolute Gasteiger partial charge is 0.292 e. The van der Waals surface area contributed by atoms with Crippen molar-refractivity contribution in [1.82, 2.24) is 4.90 Å². The molecule has 1 aromatic rings. The Balaban J connectivity index is 0.00000162. The third kappa shape index (κ3) is 3.25. The number of benzene rings is 1. The van der Waals surface area contributed by atoms with Crippen molar-refractivity contribution in [3.8, 4) is 0 Å². The van der Waals surface area contributed by atoms with Crippen LogP contribution in [0.1, 0.15) is 0 Å². The topological polar surface area (TPSA) is 49.6 Å². The van der Waals surface area contributed by atoms with Gasteiger partial charge in [0.2, 0.25) is 0 Å². The Bertz CT molecular complexity index is 434. The standard InChI is InChI=1S/C11H14ClN3O2.ClH/c1-13-4-6-14(7-5-13)11-8-9(12)2-3-10(11)15(16)17;/h2-3,8H,4-7H2,1H3;1H/p-1. The minimum atomic E-state index is -0.357. The Morgan fingerprint density at radius 1 is 1.28 bits per heavy atom. The lowest BCUT2D eigenvalue weighted by molar-refractivity contribution is -0.384. The van der Waals surface area contributed by atoms with E-state index in [4.69, 9.17) is 11.6 Å². The lowest BCUT2D eigenvalue weighted by atomic mass is 10.2. The Morgan fingerprint density at radius 3 is 2.44 bits per heavy atom. The van der Waals surface area contributed by atoms with E-state index < -0.39 is 0 Å². The number of halogens is 2. The summed E-state index contributed by atoms with van der Waals surface area (Å²) in [5.74, 6) is 0. The van der Waals surface area contributed by atoms with Gasteiger partial charge in [0.25, 0.3) is 5.69 Å². The van der Waals surface area contributed by atoms with Crippen LogP contribution in [0.3, 0.4) is 0 Å². The van der Waals surface area contributed by atoms with Gasteiger partial charge in [-0.3, -0.25) is 10.1 Å². The molecule has 1 heterocycles. The van der Waals surface area contributed by atoms with E-state index in [1.54, 1.807) is 12.1 Å². The molecule has 1 aliphatic rings. The van der Waals surface area contributed by atoms with Gasteiger partial charge in [-0.25, -0.2) is 0 Å². The normalized spacial score (nSPS) is 16.2. The van der Waals surface area contributed by atoms with Crippen molar-refractivity contribution in [3.05, 3.63) is 33.3 Å². The van der Waals surface area contributed by atoms with Crippen LogP contribution in [0, 0.1) is 10.1 Å². The summed E-state index contributed by atoms with van der Waals surface area (Å²) < 4.78 is 0. The number of rotatable bonds is 2. The van der Waals surface area contributed by atoms with Crippen LogP contribution in [0.15, 0.2) is 18.2 Å². The molecule has 7 heteroatoms. The molecular formula is C11H14Cl2N3O2-. The SMILES string of the molecule is CN1CCN(c2cc(Cl)ccc2[N+](=O)[O-])CC1.[Cl-]. The first kappa shape index (κ1) is 15.0. The highest BCUT2D eigenvalue weighted by atomic mass is 35.5. The van der Waals surface area contributed by atoms with Crippen molar-refractivity contribution in [1.29, 1.82) is 0 Å². The molecule has 0 N–H and O–H groups in total. The van der Waals surface area contributed by atoms with Crippen LogP contribution in [0.4, 0.5) is 11.4 Å². The first-order valence-electron chi connectivity index (χ1n) is 5.45. The van der Waals surface area contributed by atoms with Crippen LogP contribution < -0.4 is 17.3 Å². The van der Waals surface area contributed by atoms with Crippen molar-refractivity contribution in [3.63, 3.8) is 0 Å². The summed E-state index contributed by atoms with van der Waals surface area (Å²) in [5, 5.41) is 11.5. The maximum atomic E-state index is 11.0. The number of piperazine rings is 1. The number of hydrogen-bond acceptors (Lipinski definition) is 4. The summed E-state index contributed by atoms with van der Waals surface area (Å²) in [6, 6.07) is 4.69. The van der Waals surface area contributed by atoms with E-state index >= 15 is 0 Å². The Kier molecular flexibility index (Phi) is 5.19. The Hall–Kier alpha value is -1.04. The quantitative estimate of drug-likeness (QED) is 0.518. The largest absolute Gasteiger partial charge is 1.00 e. The molecule has 0 radical (unpaired) electrons. The van der Waals surface area contributed by atoms with Gasteiger partial charge in [0.05, 0.1) is 4.92 Å². The van der Waals surface area contributed by atoms with E-state index in [9.17, 15) is 10.1 Å². The average molecular weight is 291 g/mol. The summed E-state index contributed by atoms with van der Waals surface area (Å²) in [5.41, 5.74) is 0.745. The fourth-order valence-electron chi connectivity index (χ4n) is 1.95. The molecule has 18 heavy (non-hydrogen) atoms. The van der Waals surface area contributed by atoms with Crippen molar-refractivity contribution in [2.75, 3.05) is 38.1 Å². The zero-order valence-electron chi connectivity index (χ0n) is 9.97. The lowest BCUT2D eigenvalue weighted by Crippen LogP contribution is -3.00. The summed E-state index contributed by atoms with van der Waals surface area (Å²) >= 11 is 5.91. The zero-order valence-corrected chi connectivity index (χ0v) is 11.5. The van der Waals surface area contributed by atoms with Gasteiger partial charge in [-0.15, -0.1) is 0 Å². The van der Waals surface area contributed by atoms with Gasteiger partial charge in [0.1, 0.15) is 5.69 Å². The molecule has 1 fully saturated rings. The molecule has 0 spiro atoms. The fraction of sp³-hybridized carbons (Fsp3) is 0.455. The van der Waals surface area contributed by atoms with E-state index in [1.807, 2.05) is 11.9 Å². The lowest BCUT2D eigenvalue weighted by Gasteiger charge is -2.33.